The number of benzene rings is 3. The number of hydrogen-bond acceptors (Lipinski definition) is 6. The molecule has 0 aliphatic heterocycles. The Labute approximate surface area is 196 Å². The van der Waals surface area contributed by atoms with Crippen LogP contribution in [0.15, 0.2) is 71.8 Å². The number of carbonyl (C=O) groups excluding carboxylic acids is 2. The number of rotatable bonds is 8. The minimum absolute atomic E-state index is 0.348. The molecule has 0 atom stereocenters. The number of anilines is 1. The maximum absolute atomic E-state index is 12.0. The average molecular weight is 468 g/mol. The molecule has 0 fully saturated rings. The van der Waals surface area contributed by atoms with Gasteiger partial charge >= 0.3 is 11.8 Å². The van der Waals surface area contributed by atoms with Crippen LogP contribution in [0.4, 0.5) is 5.69 Å². The van der Waals surface area contributed by atoms with E-state index in [0.29, 0.717) is 40.1 Å². The monoisotopic (exact) mass is 467 g/mol. The van der Waals surface area contributed by atoms with Gasteiger partial charge in [0.25, 0.3) is 0 Å². The molecule has 0 bridgehead atoms. The van der Waals surface area contributed by atoms with Crippen LogP contribution in [0.2, 0.25) is 5.02 Å². The largest absolute Gasteiger partial charge is 0.497 e. The Morgan fingerprint density at radius 1 is 0.909 bits per heavy atom. The Morgan fingerprint density at radius 2 is 1.64 bits per heavy atom. The summed E-state index contributed by atoms with van der Waals surface area (Å²) in [4.78, 5) is 24.0. The minimum atomic E-state index is -0.906. The summed E-state index contributed by atoms with van der Waals surface area (Å²) >= 11 is 5.89. The van der Waals surface area contributed by atoms with E-state index in [2.05, 4.69) is 15.8 Å². The molecule has 8 nitrogen and oxygen atoms in total. The number of hydrazone groups is 1. The van der Waals surface area contributed by atoms with Gasteiger partial charge in [-0.05, 0) is 65.7 Å². The number of methoxy groups -OCH3 is 2. The first-order valence-electron chi connectivity index (χ1n) is 9.82. The molecule has 170 valence electrons. The molecule has 0 spiro atoms. The predicted molar refractivity (Wildman–Crippen MR) is 126 cm³/mol. The summed E-state index contributed by atoms with van der Waals surface area (Å²) in [6.45, 7) is 0.348. The van der Waals surface area contributed by atoms with Gasteiger partial charge in [0.05, 0.1) is 20.4 Å². The fourth-order valence-corrected chi connectivity index (χ4v) is 2.83. The van der Waals surface area contributed by atoms with Crippen LogP contribution in [0, 0.1) is 0 Å². The quantitative estimate of drug-likeness (QED) is 0.296. The fraction of sp³-hybridized carbons (Fsp3) is 0.125. The lowest BCUT2D eigenvalue weighted by Gasteiger charge is -2.11. The van der Waals surface area contributed by atoms with Gasteiger partial charge in [-0.1, -0.05) is 23.7 Å². The number of halogens is 1. The van der Waals surface area contributed by atoms with Gasteiger partial charge in [0, 0.05) is 10.7 Å². The van der Waals surface area contributed by atoms with Crippen molar-refractivity contribution in [2.75, 3.05) is 19.5 Å². The summed E-state index contributed by atoms with van der Waals surface area (Å²) in [5.74, 6) is -0.0688. The van der Waals surface area contributed by atoms with E-state index >= 15 is 0 Å². The van der Waals surface area contributed by atoms with Crippen LogP contribution in [-0.2, 0) is 16.2 Å². The highest BCUT2D eigenvalue weighted by Gasteiger charge is 2.13. The molecule has 0 unspecified atom stereocenters. The fourth-order valence-electron chi connectivity index (χ4n) is 2.70. The van der Waals surface area contributed by atoms with Gasteiger partial charge < -0.3 is 19.5 Å². The molecule has 0 saturated carbocycles. The van der Waals surface area contributed by atoms with Crippen LogP contribution in [-0.4, -0.2) is 32.2 Å². The van der Waals surface area contributed by atoms with Crippen LogP contribution in [0.1, 0.15) is 11.1 Å². The molecule has 2 amide bonds. The second kappa shape index (κ2) is 11.5. The van der Waals surface area contributed by atoms with Crippen molar-refractivity contribution < 1.29 is 23.8 Å². The first-order valence-corrected chi connectivity index (χ1v) is 10.2. The van der Waals surface area contributed by atoms with E-state index in [1.807, 2.05) is 12.1 Å². The van der Waals surface area contributed by atoms with Gasteiger partial charge in [-0.15, -0.1) is 0 Å². The van der Waals surface area contributed by atoms with Crippen LogP contribution < -0.4 is 25.0 Å². The Balaban J connectivity index is 1.54. The van der Waals surface area contributed by atoms with Gasteiger partial charge in [0.15, 0.2) is 11.5 Å². The zero-order valence-corrected chi connectivity index (χ0v) is 18.8. The van der Waals surface area contributed by atoms with Crippen LogP contribution in [0.25, 0.3) is 0 Å². The zero-order valence-electron chi connectivity index (χ0n) is 18.0. The van der Waals surface area contributed by atoms with Crippen molar-refractivity contribution in [1.82, 2.24) is 5.43 Å². The van der Waals surface area contributed by atoms with Crippen molar-refractivity contribution in [3.8, 4) is 17.2 Å². The van der Waals surface area contributed by atoms with Crippen molar-refractivity contribution in [2.45, 2.75) is 6.61 Å². The summed E-state index contributed by atoms with van der Waals surface area (Å²) in [7, 11) is 3.06. The van der Waals surface area contributed by atoms with Crippen LogP contribution in [0.3, 0.4) is 0 Å². The van der Waals surface area contributed by atoms with E-state index in [1.54, 1.807) is 54.6 Å². The van der Waals surface area contributed by atoms with E-state index in [0.717, 1.165) is 5.56 Å². The normalized spacial score (nSPS) is 10.5. The molecule has 2 N–H and O–H groups in total. The molecule has 0 saturated heterocycles. The first kappa shape index (κ1) is 23.6. The van der Waals surface area contributed by atoms with Crippen molar-refractivity contribution in [3.05, 3.63) is 82.9 Å². The molecule has 3 rings (SSSR count). The lowest BCUT2D eigenvalue weighted by atomic mass is 10.2. The Bertz CT molecular complexity index is 1130. The predicted octanol–water partition coefficient (Wildman–Crippen LogP) is 4.03. The summed E-state index contributed by atoms with van der Waals surface area (Å²) in [5.41, 5.74) is 4.25. The van der Waals surface area contributed by atoms with Crippen molar-refractivity contribution in [2.24, 2.45) is 5.10 Å². The minimum Gasteiger partial charge on any atom is -0.497 e. The number of nitrogens with zero attached hydrogens (tertiary/aromatic N) is 1. The lowest BCUT2D eigenvalue weighted by Crippen LogP contribution is -2.32. The standard InChI is InChI=1S/C24H22ClN3O5/c1-31-20-10-8-19(9-11-20)27-23(29)24(30)28-26-14-17-5-12-21(22(13-17)32-2)33-15-16-3-6-18(25)7-4-16/h3-14H,15H2,1-2H3,(H,27,29)(H,28,30)/b26-14+. The summed E-state index contributed by atoms with van der Waals surface area (Å²) in [6.07, 6.45) is 1.39. The molecule has 0 radical (unpaired) electrons. The molecule has 0 heterocycles. The van der Waals surface area contributed by atoms with Crippen molar-refractivity contribution in [3.63, 3.8) is 0 Å². The van der Waals surface area contributed by atoms with E-state index in [9.17, 15) is 9.59 Å². The first-order chi connectivity index (χ1) is 16.0. The summed E-state index contributed by atoms with van der Waals surface area (Å²) in [6, 6.07) is 19.1. The Kier molecular flexibility index (Phi) is 8.26. The Hall–Kier alpha value is -4.04. The van der Waals surface area contributed by atoms with E-state index < -0.39 is 11.8 Å². The molecule has 33 heavy (non-hydrogen) atoms. The number of hydrogen-bond donors (Lipinski definition) is 2. The molecule has 0 aromatic heterocycles. The zero-order chi connectivity index (χ0) is 23.6. The Morgan fingerprint density at radius 3 is 2.30 bits per heavy atom. The lowest BCUT2D eigenvalue weighted by molar-refractivity contribution is -0.136. The highest BCUT2D eigenvalue weighted by Crippen LogP contribution is 2.28. The number of ether oxygens (including phenoxy) is 3. The van der Waals surface area contributed by atoms with E-state index in [1.165, 1.54) is 20.4 Å². The maximum Gasteiger partial charge on any atom is 0.329 e. The molecule has 3 aromatic rings. The summed E-state index contributed by atoms with van der Waals surface area (Å²) < 4.78 is 16.2. The van der Waals surface area contributed by atoms with Crippen LogP contribution in [0.5, 0.6) is 17.2 Å². The second-order valence-electron chi connectivity index (χ2n) is 6.71. The van der Waals surface area contributed by atoms with Gasteiger partial charge in [0.1, 0.15) is 12.4 Å². The number of nitrogens with one attached hydrogen (secondary N) is 2. The topological polar surface area (TPSA) is 98.2 Å². The molecular weight excluding hydrogens is 446 g/mol. The van der Waals surface area contributed by atoms with E-state index in [4.69, 9.17) is 25.8 Å². The summed E-state index contributed by atoms with van der Waals surface area (Å²) in [5, 5.41) is 6.96. The van der Waals surface area contributed by atoms with Gasteiger partial charge in [-0.3, -0.25) is 9.59 Å². The van der Waals surface area contributed by atoms with Gasteiger partial charge in [0.2, 0.25) is 0 Å². The number of carbonyl (C=O) groups is 2. The van der Waals surface area contributed by atoms with Crippen molar-refractivity contribution in [1.29, 1.82) is 0 Å². The van der Waals surface area contributed by atoms with Crippen LogP contribution >= 0.6 is 11.6 Å². The molecule has 3 aromatic carbocycles. The van der Waals surface area contributed by atoms with Gasteiger partial charge in [-0.2, -0.15) is 5.10 Å². The maximum atomic E-state index is 12.0. The molecular formula is C24H22ClN3O5. The molecule has 9 heteroatoms. The average Bonchev–Trinajstić information content (AvgIpc) is 2.84. The molecule has 0 aliphatic carbocycles. The third-order valence-electron chi connectivity index (χ3n) is 4.43. The number of amides is 2. The highest BCUT2D eigenvalue weighted by molar-refractivity contribution is 6.39. The van der Waals surface area contributed by atoms with Crippen molar-refractivity contribution >= 4 is 35.3 Å². The second-order valence-corrected chi connectivity index (χ2v) is 7.14. The smallest absolute Gasteiger partial charge is 0.329 e. The SMILES string of the molecule is COc1ccc(NC(=O)C(=O)N/N=C/c2ccc(OCc3ccc(Cl)cc3)c(OC)c2)cc1. The third-order valence-corrected chi connectivity index (χ3v) is 4.68. The van der Waals surface area contributed by atoms with E-state index in [-0.39, 0.29) is 0 Å². The highest BCUT2D eigenvalue weighted by atomic mass is 35.5. The van der Waals surface area contributed by atoms with Gasteiger partial charge in [-0.25, -0.2) is 5.43 Å². The molecule has 0 aliphatic rings. The third kappa shape index (κ3) is 6.98.